The second-order valence-electron chi connectivity index (χ2n) is 12.1. The molecule has 4 nitrogen and oxygen atoms in total. The number of hydrogen-bond donors (Lipinski definition) is 0. The highest BCUT2D eigenvalue weighted by Gasteiger charge is 2.26. The molecule has 0 saturated heterocycles. The highest BCUT2D eigenvalue weighted by Crippen LogP contribution is 2.27. The molecule has 0 fully saturated rings. The molecule has 5 heteroatoms. The lowest BCUT2D eigenvalue weighted by Gasteiger charge is -2.37. The Morgan fingerprint density at radius 3 is 1.50 bits per heavy atom. The van der Waals surface area contributed by atoms with E-state index in [2.05, 4.69) is 70.6 Å². The van der Waals surface area contributed by atoms with Gasteiger partial charge in [-0.25, -0.2) is 8.42 Å². The van der Waals surface area contributed by atoms with Gasteiger partial charge in [-0.2, -0.15) is 0 Å². The van der Waals surface area contributed by atoms with Crippen molar-refractivity contribution in [3.05, 3.63) is 85.0 Å². The third kappa shape index (κ3) is 17.0. The minimum Gasteiger partial charge on any atom is -0.744 e. The maximum absolute atomic E-state index is 10.5. The summed E-state index contributed by atoms with van der Waals surface area (Å²) in [6, 6.07) is 16.8. The zero-order chi connectivity index (χ0) is 31.1. The van der Waals surface area contributed by atoms with E-state index in [-0.39, 0.29) is 4.90 Å². The fourth-order valence-corrected chi connectivity index (χ4v) is 5.92. The fourth-order valence-electron chi connectivity index (χ4n) is 5.45. The molecule has 236 valence electrons. The van der Waals surface area contributed by atoms with E-state index in [4.69, 9.17) is 0 Å². The third-order valence-electron chi connectivity index (χ3n) is 8.11. The molecule has 0 aliphatic rings. The number of hydrogen-bond acceptors (Lipinski definition) is 3. The lowest BCUT2D eigenvalue weighted by molar-refractivity contribution is -0.914. The number of unbranched alkanes of at least 4 members (excludes halogenated alkanes) is 15. The molecule has 0 aliphatic heterocycles. The number of benzene rings is 2. The predicted octanol–water partition coefficient (Wildman–Crippen LogP) is 10.5. The van der Waals surface area contributed by atoms with Gasteiger partial charge in [0.15, 0.2) is 0 Å². The first kappa shape index (κ1) is 37.8. The number of rotatable bonds is 22. The third-order valence-corrected chi connectivity index (χ3v) is 8.96. The normalized spacial score (nSPS) is 12.3. The molecule has 2 aromatic rings. The van der Waals surface area contributed by atoms with Crippen molar-refractivity contribution in [1.29, 1.82) is 0 Å². The summed E-state index contributed by atoms with van der Waals surface area (Å²) in [6.07, 6.45) is 26.6. The summed E-state index contributed by atoms with van der Waals surface area (Å²) in [7, 11) is 0.391. The largest absolute Gasteiger partial charge is 0.744 e. The monoisotopic (exact) mass is 597 g/mol. The molecule has 0 bridgehead atoms. The molecule has 0 radical (unpaired) electrons. The maximum atomic E-state index is 10.5. The SMILES string of the molecule is C=CC(c1ccccc1)[N+](C)(C)CCCCCCCCCCCCCCCCCC.C=Cc1ccc(S(=O)(=O)[O-])cc1. The lowest BCUT2D eigenvalue weighted by atomic mass is 10.0. The molecule has 0 N–H and O–H groups in total. The van der Waals surface area contributed by atoms with Crippen LogP contribution in [-0.2, 0) is 10.1 Å². The van der Waals surface area contributed by atoms with Crippen molar-refractivity contribution in [1.82, 2.24) is 0 Å². The van der Waals surface area contributed by atoms with Gasteiger partial charge in [0.1, 0.15) is 16.2 Å². The summed E-state index contributed by atoms with van der Waals surface area (Å²) >= 11 is 0. The summed E-state index contributed by atoms with van der Waals surface area (Å²) in [5.74, 6) is 0. The molecule has 2 rings (SSSR count). The van der Waals surface area contributed by atoms with E-state index in [1.807, 2.05) is 0 Å². The zero-order valence-corrected chi connectivity index (χ0v) is 27.8. The van der Waals surface area contributed by atoms with Gasteiger partial charge in [-0.15, -0.1) is 0 Å². The van der Waals surface area contributed by atoms with Crippen molar-refractivity contribution in [2.45, 2.75) is 121 Å². The van der Waals surface area contributed by atoms with Crippen LogP contribution in [0.25, 0.3) is 6.08 Å². The van der Waals surface area contributed by atoms with Crippen LogP contribution in [0.2, 0.25) is 0 Å². The van der Waals surface area contributed by atoms with Gasteiger partial charge in [0.05, 0.1) is 25.5 Å². The van der Waals surface area contributed by atoms with Crippen molar-refractivity contribution in [3.63, 3.8) is 0 Å². The topological polar surface area (TPSA) is 57.2 Å². The van der Waals surface area contributed by atoms with Crippen LogP contribution in [0.4, 0.5) is 0 Å². The summed E-state index contributed by atoms with van der Waals surface area (Å²) in [6.45, 7) is 11.1. The molecule has 0 aliphatic carbocycles. The van der Waals surface area contributed by atoms with E-state index in [0.717, 1.165) is 10.0 Å². The van der Waals surface area contributed by atoms with Gasteiger partial charge >= 0.3 is 0 Å². The van der Waals surface area contributed by atoms with Crippen molar-refractivity contribution in [3.8, 4) is 0 Å². The van der Waals surface area contributed by atoms with Crippen LogP contribution in [0.15, 0.2) is 78.7 Å². The first-order chi connectivity index (χ1) is 20.2. The van der Waals surface area contributed by atoms with E-state index >= 15 is 0 Å². The molecule has 42 heavy (non-hydrogen) atoms. The van der Waals surface area contributed by atoms with Crippen molar-refractivity contribution in [2.75, 3.05) is 20.6 Å². The lowest BCUT2D eigenvalue weighted by Crippen LogP contribution is -2.43. The van der Waals surface area contributed by atoms with E-state index in [1.54, 1.807) is 6.08 Å². The van der Waals surface area contributed by atoms with Gasteiger partial charge in [-0.3, -0.25) is 0 Å². The Morgan fingerprint density at radius 2 is 1.12 bits per heavy atom. The van der Waals surface area contributed by atoms with E-state index < -0.39 is 10.1 Å². The average molecular weight is 598 g/mol. The molecule has 2 aromatic carbocycles. The van der Waals surface area contributed by atoms with Crippen molar-refractivity contribution >= 4 is 16.2 Å². The van der Waals surface area contributed by atoms with Crippen molar-refractivity contribution < 1.29 is 17.5 Å². The molecule has 1 atom stereocenters. The molecule has 0 spiro atoms. The summed E-state index contributed by atoms with van der Waals surface area (Å²) in [5.41, 5.74) is 2.16. The summed E-state index contributed by atoms with van der Waals surface area (Å²) < 4.78 is 32.4. The smallest absolute Gasteiger partial charge is 0.133 e. The molecular formula is C37H59NO3S. The summed E-state index contributed by atoms with van der Waals surface area (Å²) in [4.78, 5) is -0.215. The fraction of sp³-hybridized carbons (Fsp3) is 0.568. The number of nitrogens with zero attached hydrogens (tertiary/aromatic N) is 1. The Balaban J connectivity index is 0.000000609. The minimum atomic E-state index is -4.31. The minimum absolute atomic E-state index is 0.215. The quantitative estimate of drug-likeness (QED) is 0.0587. The van der Waals surface area contributed by atoms with Crippen LogP contribution in [0.3, 0.4) is 0 Å². The van der Waals surface area contributed by atoms with Gasteiger partial charge < -0.3 is 9.04 Å². The Bertz CT molecular complexity index is 1060. The molecule has 0 saturated carbocycles. The zero-order valence-electron chi connectivity index (χ0n) is 26.9. The highest BCUT2D eigenvalue weighted by molar-refractivity contribution is 7.85. The molecule has 0 aromatic heterocycles. The Hall–Kier alpha value is -2.21. The van der Waals surface area contributed by atoms with Gasteiger partial charge in [0.2, 0.25) is 0 Å². The van der Waals surface area contributed by atoms with Gasteiger partial charge in [-0.1, -0.05) is 159 Å². The van der Waals surface area contributed by atoms with Gasteiger partial charge in [0.25, 0.3) is 0 Å². The first-order valence-corrected chi connectivity index (χ1v) is 17.7. The first-order valence-electron chi connectivity index (χ1n) is 16.3. The predicted molar refractivity (Wildman–Crippen MR) is 180 cm³/mol. The molecular weight excluding hydrogens is 538 g/mol. The molecule has 0 heterocycles. The maximum Gasteiger partial charge on any atom is 0.133 e. The van der Waals surface area contributed by atoms with Gasteiger partial charge in [-0.05, 0) is 36.6 Å². The Kier molecular flexibility index (Phi) is 20.1. The standard InChI is InChI=1S/C29H52N.C8H8O3S/c1-5-7-8-9-10-11-12-13-14-15-16-17-18-19-20-24-27-30(3,4)29(6-2)28-25-22-21-23-26-28;1-2-7-3-5-8(6-4-7)12(9,10)11/h6,21-23,25-26,29H,2,5,7-20,24,27H2,1,3-4H3;2-6H,1H2,(H,9,10,11)/q+1;/p-1. The summed E-state index contributed by atoms with van der Waals surface area (Å²) in [5, 5.41) is 0. The van der Waals surface area contributed by atoms with E-state index in [9.17, 15) is 13.0 Å². The van der Waals surface area contributed by atoms with E-state index in [1.165, 1.54) is 139 Å². The van der Waals surface area contributed by atoms with E-state index in [0.29, 0.717) is 6.04 Å². The van der Waals surface area contributed by atoms with Gasteiger partial charge in [0, 0.05) is 5.56 Å². The molecule has 1 unspecified atom stereocenters. The van der Waals surface area contributed by atoms with Crippen LogP contribution >= 0.6 is 0 Å². The van der Waals surface area contributed by atoms with Crippen LogP contribution < -0.4 is 0 Å². The Labute approximate surface area is 259 Å². The van der Waals surface area contributed by atoms with Crippen LogP contribution in [0, 0.1) is 0 Å². The Morgan fingerprint density at radius 1 is 0.690 bits per heavy atom. The highest BCUT2D eigenvalue weighted by atomic mass is 32.2. The average Bonchev–Trinajstić information content (AvgIpc) is 2.97. The second kappa shape index (κ2) is 22.3. The van der Waals surface area contributed by atoms with Crippen LogP contribution in [0.1, 0.15) is 127 Å². The number of quaternary nitrogens is 1. The van der Waals surface area contributed by atoms with Crippen molar-refractivity contribution in [2.24, 2.45) is 0 Å². The molecule has 0 amide bonds. The second-order valence-corrected chi connectivity index (χ2v) is 13.5. The van der Waals surface area contributed by atoms with Crippen LogP contribution in [0.5, 0.6) is 0 Å². The number of likely N-dealkylation sites (N-methyl/N-ethyl adjacent to an activating group) is 1. The van der Waals surface area contributed by atoms with Crippen LogP contribution in [-0.4, -0.2) is 38.1 Å².